The molecule has 1 aromatic heterocycles. The maximum atomic E-state index is 8.94. The van der Waals surface area contributed by atoms with Crippen LogP contribution in [0.2, 0.25) is 0 Å². The van der Waals surface area contributed by atoms with Crippen molar-refractivity contribution in [3.63, 3.8) is 0 Å². The lowest BCUT2D eigenvalue weighted by Gasteiger charge is -2.18. The second-order valence-corrected chi connectivity index (χ2v) is 6.01. The number of anilines is 1. The van der Waals surface area contributed by atoms with E-state index >= 15 is 0 Å². The summed E-state index contributed by atoms with van der Waals surface area (Å²) in [6, 6.07) is 17.1. The number of hydrogen-bond donors (Lipinski definition) is 3. The summed E-state index contributed by atoms with van der Waals surface area (Å²) in [4.78, 5) is 8.94. The first-order chi connectivity index (χ1) is 14.0. The quantitative estimate of drug-likeness (QED) is 0.250. The highest BCUT2D eigenvalue weighted by Crippen LogP contribution is 2.23. The van der Waals surface area contributed by atoms with E-state index in [0.29, 0.717) is 24.5 Å². The fourth-order valence-corrected chi connectivity index (χ4v) is 2.57. The van der Waals surface area contributed by atoms with Crippen LogP contribution in [0.3, 0.4) is 0 Å². The van der Waals surface area contributed by atoms with Crippen LogP contribution in [0.15, 0.2) is 54.7 Å². The highest BCUT2D eigenvalue weighted by Gasteiger charge is 2.10. The summed E-state index contributed by atoms with van der Waals surface area (Å²) in [5.74, 6) is 10.8. The number of carbonyl (C=O) groups excluding carboxylic acids is 1. The predicted molar refractivity (Wildman–Crippen MR) is 110 cm³/mol. The van der Waals surface area contributed by atoms with Crippen molar-refractivity contribution in [2.45, 2.75) is 13.5 Å². The molecule has 2 aromatic carbocycles. The van der Waals surface area contributed by atoms with Gasteiger partial charge in [0.15, 0.2) is 0 Å². The van der Waals surface area contributed by atoms with E-state index in [1.54, 1.807) is 34.3 Å². The van der Waals surface area contributed by atoms with Gasteiger partial charge in [-0.05, 0) is 42.8 Å². The molecule has 0 saturated carbocycles. The minimum absolute atomic E-state index is 0.383. The van der Waals surface area contributed by atoms with Crippen LogP contribution in [0, 0.1) is 18.3 Å². The van der Waals surface area contributed by atoms with Gasteiger partial charge >= 0.3 is 0 Å². The lowest BCUT2D eigenvalue weighted by Crippen LogP contribution is -2.26. The molecule has 1 amide bonds. The molecule has 0 radical (unpaired) electrons. The van der Waals surface area contributed by atoms with Gasteiger partial charge in [0.1, 0.15) is 6.61 Å². The average molecular weight is 393 g/mol. The van der Waals surface area contributed by atoms with Crippen LogP contribution in [0.25, 0.3) is 5.69 Å². The Morgan fingerprint density at radius 3 is 2.55 bits per heavy atom. The van der Waals surface area contributed by atoms with Gasteiger partial charge in [-0.25, -0.2) is 16.4 Å². The number of nitrogens with two attached hydrogens (primary N) is 2. The number of ether oxygens (including phenoxy) is 1. The van der Waals surface area contributed by atoms with Gasteiger partial charge in [-0.15, -0.1) is 5.10 Å². The predicted octanol–water partition coefficient (Wildman–Crippen LogP) is 1.55. The van der Waals surface area contributed by atoms with Crippen LogP contribution in [-0.2, 0) is 11.4 Å². The van der Waals surface area contributed by atoms with Crippen LogP contribution < -0.4 is 26.9 Å². The molecule has 9 nitrogen and oxygen atoms in total. The van der Waals surface area contributed by atoms with Crippen LogP contribution in [0.4, 0.5) is 5.69 Å². The number of amides is 1. The lowest BCUT2D eigenvalue weighted by molar-refractivity contribution is -0.109. The van der Waals surface area contributed by atoms with Crippen LogP contribution >= 0.6 is 0 Å². The number of hydrogen-bond acceptors (Lipinski definition) is 7. The summed E-state index contributed by atoms with van der Waals surface area (Å²) in [6.07, 6.45) is 2.23. The minimum Gasteiger partial charge on any atom is -0.472 e. The number of nitrogens with one attached hydrogen (secondary N) is 1. The number of rotatable bonds is 6. The van der Waals surface area contributed by atoms with Gasteiger partial charge in [-0.1, -0.05) is 12.1 Å². The van der Waals surface area contributed by atoms with Crippen molar-refractivity contribution in [3.8, 4) is 17.6 Å². The smallest absolute Gasteiger partial charge is 0.233 e. The summed E-state index contributed by atoms with van der Waals surface area (Å²) >= 11 is 0. The Morgan fingerprint density at radius 2 is 1.97 bits per heavy atom. The number of nitrogens with zero attached hydrogens (tertiary/aromatic N) is 4. The summed E-state index contributed by atoms with van der Waals surface area (Å²) in [7, 11) is 1.80. The summed E-state index contributed by atoms with van der Waals surface area (Å²) < 4.78 is 7.56. The number of nitriles is 1. The molecule has 0 bridgehead atoms. The molecule has 150 valence electrons. The van der Waals surface area contributed by atoms with Gasteiger partial charge in [0.05, 0.1) is 23.0 Å². The SMILES string of the molecule is Cc1cccc(N(C)N)c1COc1ccn(-c2ccc(C#N)cc2)n1.NNC=O. The van der Waals surface area contributed by atoms with Crippen molar-refractivity contribution >= 4 is 12.1 Å². The average Bonchev–Trinajstić information content (AvgIpc) is 3.22. The highest BCUT2D eigenvalue weighted by molar-refractivity contribution is 5.55. The molecule has 9 heteroatoms. The molecule has 0 unspecified atom stereocenters. The largest absolute Gasteiger partial charge is 0.472 e. The lowest BCUT2D eigenvalue weighted by atomic mass is 10.1. The van der Waals surface area contributed by atoms with Gasteiger partial charge in [0.25, 0.3) is 0 Å². The Labute approximate surface area is 169 Å². The van der Waals surface area contributed by atoms with E-state index in [1.165, 1.54) is 0 Å². The molecule has 0 aliphatic carbocycles. The molecule has 0 fully saturated rings. The van der Waals surface area contributed by atoms with Crippen molar-refractivity contribution in [2.75, 3.05) is 12.1 Å². The molecule has 1 heterocycles. The number of benzene rings is 2. The Bertz CT molecular complexity index is 975. The Morgan fingerprint density at radius 1 is 1.28 bits per heavy atom. The molecular formula is C20H23N7O2. The van der Waals surface area contributed by atoms with Gasteiger partial charge < -0.3 is 9.75 Å². The van der Waals surface area contributed by atoms with Gasteiger partial charge in [0.2, 0.25) is 12.3 Å². The van der Waals surface area contributed by atoms with E-state index in [9.17, 15) is 0 Å². The van der Waals surface area contributed by atoms with Crippen molar-refractivity contribution in [2.24, 2.45) is 11.7 Å². The Hall–Kier alpha value is -3.87. The van der Waals surface area contributed by atoms with Crippen LogP contribution in [-0.4, -0.2) is 23.2 Å². The third-order valence-corrected chi connectivity index (χ3v) is 4.02. The van der Waals surface area contributed by atoms with E-state index in [2.05, 4.69) is 17.0 Å². The van der Waals surface area contributed by atoms with Crippen LogP contribution in [0.1, 0.15) is 16.7 Å². The second-order valence-electron chi connectivity index (χ2n) is 6.01. The van der Waals surface area contributed by atoms with E-state index in [4.69, 9.17) is 20.6 Å². The fourth-order valence-electron chi connectivity index (χ4n) is 2.57. The molecule has 0 spiro atoms. The summed E-state index contributed by atoms with van der Waals surface area (Å²) in [5, 5.41) is 14.9. The van der Waals surface area contributed by atoms with E-state index < -0.39 is 0 Å². The Kier molecular flexibility index (Phi) is 7.73. The van der Waals surface area contributed by atoms with Gasteiger partial charge in [0, 0.05) is 24.9 Å². The maximum Gasteiger partial charge on any atom is 0.233 e. The molecule has 5 N–H and O–H groups in total. The Balaban J connectivity index is 0.000000687. The summed E-state index contributed by atoms with van der Waals surface area (Å²) in [5.41, 5.74) is 6.30. The first-order valence-electron chi connectivity index (χ1n) is 8.65. The van der Waals surface area contributed by atoms with Crippen molar-refractivity contribution in [1.29, 1.82) is 5.26 Å². The molecule has 3 aromatic rings. The van der Waals surface area contributed by atoms with Crippen molar-refractivity contribution in [1.82, 2.24) is 15.2 Å². The van der Waals surface area contributed by atoms with E-state index in [0.717, 1.165) is 22.5 Å². The molecule has 0 aliphatic heterocycles. The van der Waals surface area contributed by atoms with Crippen molar-refractivity contribution < 1.29 is 9.53 Å². The summed E-state index contributed by atoms with van der Waals surface area (Å²) in [6.45, 7) is 2.41. The highest BCUT2D eigenvalue weighted by atomic mass is 16.5. The molecule has 0 aliphatic rings. The monoisotopic (exact) mass is 393 g/mol. The number of hydrazine groups is 2. The molecule has 3 rings (SSSR count). The van der Waals surface area contributed by atoms with Crippen LogP contribution in [0.5, 0.6) is 5.88 Å². The molecule has 0 atom stereocenters. The van der Waals surface area contributed by atoms with Gasteiger partial charge in [-0.2, -0.15) is 5.26 Å². The zero-order chi connectivity index (χ0) is 21.2. The molecular weight excluding hydrogens is 370 g/mol. The van der Waals surface area contributed by atoms with Crippen molar-refractivity contribution in [3.05, 3.63) is 71.4 Å². The third-order valence-electron chi connectivity index (χ3n) is 4.02. The standard InChI is InChI=1S/C19H19N5O.CH4N2O/c1-14-4-3-5-18(23(2)21)17(14)13-25-19-10-11-24(22-19)16-8-6-15(12-20)7-9-16;2-3-1-4/h3-11H,13,21H2,1-2H3;1H,2H2,(H,3,4). The zero-order valence-electron chi connectivity index (χ0n) is 16.2. The molecule has 29 heavy (non-hydrogen) atoms. The first-order valence-corrected chi connectivity index (χ1v) is 8.65. The number of carbonyl (C=O) groups is 1. The fraction of sp³-hybridized carbons (Fsp3) is 0.150. The number of aromatic nitrogens is 2. The number of aryl methyl sites for hydroxylation is 1. The van der Waals surface area contributed by atoms with E-state index in [1.807, 2.05) is 49.5 Å². The normalized spacial score (nSPS) is 9.62. The second kappa shape index (κ2) is 10.5. The third kappa shape index (κ3) is 5.80. The maximum absolute atomic E-state index is 8.94. The van der Waals surface area contributed by atoms with E-state index in [-0.39, 0.29) is 0 Å². The first kappa shape index (κ1) is 21.4. The van der Waals surface area contributed by atoms with Gasteiger partial charge in [-0.3, -0.25) is 10.2 Å². The zero-order valence-corrected chi connectivity index (χ0v) is 16.2. The molecule has 0 saturated heterocycles. The topological polar surface area (TPSA) is 135 Å². The minimum atomic E-state index is 0.383.